The topological polar surface area (TPSA) is 113 Å². The Balaban J connectivity index is 1.71. The predicted octanol–water partition coefficient (Wildman–Crippen LogP) is 3.27. The van der Waals surface area contributed by atoms with Gasteiger partial charge in [-0.1, -0.05) is 0 Å². The molecule has 1 aliphatic heterocycles. The maximum Gasteiger partial charge on any atom is 0.340 e. The minimum Gasteiger partial charge on any atom is -0.454 e. The van der Waals surface area contributed by atoms with Crippen molar-refractivity contribution in [2.45, 2.75) is 39.3 Å². The SMILES string of the molecule is CNc1ccc([N+](=O)[O-])cc1C(=O)OCC(=O)c1cc(C)n(C[C@H]2CCCO2)c1C. The summed E-state index contributed by atoms with van der Waals surface area (Å²) in [5.74, 6) is -1.13. The lowest BCUT2D eigenvalue weighted by Gasteiger charge is -2.14. The Morgan fingerprint density at radius 2 is 2.07 bits per heavy atom. The summed E-state index contributed by atoms with van der Waals surface area (Å²) < 4.78 is 12.9. The van der Waals surface area contributed by atoms with Crippen LogP contribution in [-0.4, -0.2) is 47.6 Å². The van der Waals surface area contributed by atoms with E-state index in [1.165, 1.54) is 12.1 Å². The monoisotopic (exact) mass is 415 g/mol. The average molecular weight is 415 g/mol. The van der Waals surface area contributed by atoms with Gasteiger partial charge in [0.1, 0.15) is 0 Å². The largest absolute Gasteiger partial charge is 0.454 e. The van der Waals surface area contributed by atoms with E-state index in [0.29, 0.717) is 17.8 Å². The van der Waals surface area contributed by atoms with E-state index < -0.39 is 17.5 Å². The van der Waals surface area contributed by atoms with Gasteiger partial charge in [-0.3, -0.25) is 14.9 Å². The van der Waals surface area contributed by atoms with Crippen molar-refractivity contribution in [1.82, 2.24) is 4.57 Å². The highest BCUT2D eigenvalue weighted by molar-refractivity contribution is 6.02. The van der Waals surface area contributed by atoms with Gasteiger partial charge in [0.25, 0.3) is 5.69 Å². The van der Waals surface area contributed by atoms with Gasteiger partial charge in [0, 0.05) is 55.0 Å². The standard InChI is InChI=1S/C21H25N3O6/c1-13-9-17(14(2)23(13)11-16-5-4-8-29-16)20(25)12-30-21(26)18-10-15(24(27)28)6-7-19(18)22-3/h6-7,9-10,16,22H,4-5,8,11-12H2,1-3H3/t16-/m1/s1. The summed E-state index contributed by atoms with van der Waals surface area (Å²) in [7, 11) is 1.59. The van der Waals surface area contributed by atoms with E-state index in [1.54, 1.807) is 13.1 Å². The van der Waals surface area contributed by atoms with Crippen LogP contribution in [0.2, 0.25) is 0 Å². The molecule has 30 heavy (non-hydrogen) atoms. The number of nitrogens with one attached hydrogen (secondary N) is 1. The lowest BCUT2D eigenvalue weighted by Crippen LogP contribution is -2.18. The van der Waals surface area contributed by atoms with Gasteiger partial charge in [-0.2, -0.15) is 0 Å². The van der Waals surface area contributed by atoms with E-state index >= 15 is 0 Å². The van der Waals surface area contributed by atoms with Crippen molar-refractivity contribution in [3.63, 3.8) is 0 Å². The Morgan fingerprint density at radius 3 is 2.70 bits per heavy atom. The molecule has 1 aromatic heterocycles. The van der Waals surface area contributed by atoms with Crippen LogP contribution in [0.1, 0.15) is 44.9 Å². The number of ether oxygens (including phenoxy) is 2. The number of anilines is 1. The molecule has 0 spiro atoms. The molecular formula is C21H25N3O6. The van der Waals surface area contributed by atoms with Crippen LogP contribution >= 0.6 is 0 Å². The van der Waals surface area contributed by atoms with Crippen LogP contribution in [0.25, 0.3) is 0 Å². The molecule has 9 nitrogen and oxygen atoms in total. The molecule has 1 aliphatic rings. The molecule has 0 radical (unpaired) electrons. The number of nitro groups is 1. The number of nitrogens with zero attached hydrogens (tertiary/aromatic N) is 2. The quantitative estimate of drug-likeness (QED) is 0.305. The Labute approximate surface area is 174 Å². The molecule has 1 N–H and O–H groups in total. The number of esters is 1. The first-order valence-electron chi connectivity index (χ1n) is 9.76. The summed E-state index contributed by atoms with van der Waals surface area (Å²) in [6.07, 6.45) is 2.18. The molecule has 1 saturated heterocycles. The lowest BCUT2D eigenvalue weighted by atomic mass is 10.1. The Hall–Kier alpha value is -3.20. The van der Waals surface area contributed by atoms with E-state index in [4.69, 9.17) is 9.47 Å². The van der Waals surface area contributed by atoms with E-state index in [-0.39, 0.29) is 23.1 Å². The number of benzene rings is 1. The number of aromatic nitrogens is 1. The second kappa shape index (κ2) is 9.08. The summed E-state index contributed by atoms with van der Waals surface area (Å²) in [6.45, 7) is 4.78. The fourth-order valence-electron chi connectivity index (χ4n) is 3.68. The highest BCUT2D eigenvalue weighted by Gasteiger charge is 2.23. The van der Waals surface area contributed by atoms with Gasteiger partial charge < -0.3 is 19.4 Å². The maximum atomic E-state index is 12.7. The van der Waals surface area contributed by atoms with Crippen LogP contribution in [0.5, 0.6) is 0 Å². The summed E-state index contributed by atoms with van der Waals surface area (Å²) in [6, 6.07) is 5.63. The molecule has 9 heteroatoms. The number of ketones is 1. The number of Topliss-reactive ketones (excluding diaryl/α,β-unsaturated/α-hetero) is 1. The zero-order valence-electron chi connectivity index (χ0n) is 17.3. The van der Waals surface area contributed by atoms with Gasteiger partial charge in [0.15, 0.2) is 6.61 Å². The van der Waals surface area contributed by atoms with Gasteiger partial charge in [-0.15, -0.1) is 0 Å². The molecule has 0 saturated carbocycles. The number of carbonyl (C=O) groups excluding carboxylic acids is 2. The number of rotatable bonds is 8. The average Bonchev–Trinajstić information content (AvgIpc) is 3.35. The van der Waals surface area contributed by atoms with Crippen molar-refractivity contribution in [2.75, 3.05) is 25.6 Å². The summed E-state index contributed by atoms with van der Waals surface area (Å²) in [5, 5.41) is 13.8. The van der Waals surface area contributed by atoms with Crippen LogP contribution in [-0.2, 0) is 16.0 Å². The summed E-state index contributed by atoms with van der Waals surface area (Å²) in [5.41, 5.74) is 2.39. The maximum absolute atomic E-state index is 12.7. The van der Waals surface area contributed by atoms with E-state index in [9.17, 15) is 19.7 Å². The van der Waals surface area contributed by atoms with Gasteiger partial charge in [0.05, 0.1) is 16.6 Å². The van der Waals surface area contributed by atoms with Crippen molar-refractivity contribution in [3.8, 4) is 0 Å². The van der Waals surface area contributed by atoms with Crippen molar-refractivity contribution >= 4 is 23.1 Å². The molecule has 0 amide bonds. The van der Waals surface area contributed by atoms with Crippen molar-refractivity contribution < 1.29 is 24.0 Å². The number of non-ortho nitro benzene ring substituents is 1. The third-order valence-corrected chi connectivity index (χ3v) is 5.32. The number of carbonyl (C=O) groups is 2. The van der Waals surface area contributed by atoms with Crippen LogP contribution in [0, 0.1) is 24.0 Å². The summed E-state index contributed by atoms with van der Waals surface area (Å²) >= 11 is 0. The Kier molecular flexibility index (Phi) is 6.51. The number of hydrogen-bond donors (Lipinski definition) is 1. The van der Waals surface area contributed by atoms with Gasteiger partial charge in [-0.05, 0) is 38.8 Å². The molecule has 160 valence electrons. The van der Waals surface area contributed by atoms with Crippen molar-refractivity contribution in [1.29, 1.82) is 0 Å². The molecule has 1 fully saturated rings. The van der Waals surface area contributed by atoms with Gasteiger partial charge in [0.2, 0.25) is 5.78 Å². The Morgan fingerprint density at radius 1 is 1.30 bits per heavy atom. The fraction of sp³-hybridized carbons (Fsp3) is 0.429. The lowest BCUT2D eigenvalue weighted by molar-refractivity contribution is -0.384. The number of aryl methyl sites for hydroxylation is 1. The molecular weight excluding hydrogens is 390 g/mol. The highest BCUT2D eigenvalue weighted by Crippen LogP contribution is 2.24. The molecule has 0 unspecified atom stereocenters. The van der Waals surface area contributed by atoms with Crippen LogP contribution in [0.15, 0.2) is 24.3 Å². The predicted molar refractivity (Wildman–Crippen MR) is 110 cm³/mol. The first kappa shape index (κ1) is 21.5. The highest BCUT2D eigenvalue weighted by atomic mass is 16.6. The fourth-order valence-corrected chi connectivity index (χ4v) is 3.68. The molecule has 0 aliphatic carbocycles. The molecule has 1 aromatic carbocycles. The first-order valence-corrected chi connectivity index (χ1v) is 9.76. The molecule has 0 bridgehead atoms. The first-order chi connectivity index (χ1) is 14.3. The van der Waals surface area contributed by atoms with Crippen LogP contribution in [0.4, 0.5) is 11.4 Å². The van der Waals surface area contributed by atoms with Crippen LogP contribution < -0.4 is 5.32 Å². The van der Waals surface area contributed by atoms with Crippen molar-refractivity contribution in [2.24, 2.45) is 0 Å². The molecule has 1 atom stereocenters. The normalized spacial score (nSPS) is 15.8. The smallest absolute Gasteiger partial charge is 0.340 e. The second-order valence-electron chi connectivity index (χ2n) is 7.27. The zero-order valence-corrected chi connectivity index (χ0v) is 17.3. The molecule has 2 heterocycles. The van der Waals surface area contributed by atoms with Gasteiger partial charge >= 0.3 is 5.97 Å². The molecule has 2 aromatic rings. The zero-order chi connectivity index (χ0) is 21.8. The van der Waals surface area contributed by atoms with E-state index in [1.807, 2.05) is 18.4 Å². The van der Waals surface area contributed by atoms with Crippen molar-refractivity contribution in [3.05, 3.63) is 56.9 Å². The molecule has 3 rings (SSSR count). The Bertz CT molecular complexity index is 975. The third kappa shape index (κ3) is 4.51. The number of nitro benzene ring substituents is 1. The van der Waals surface area contributed by atoms with E-state index in [0.717, 1.165) is 36.9 Å². The van der Waals surface area contributed by atoms with E-state index in [2.05, 4.69) is 5.32 Å². The minimum atomic E-state index is -0.801. The van der Waals surface area contributed by atoms with Crippen LogP contribution in [0.3, 0.4) is 0 Å². The number of hydrogen-bond acceptors (Lipinski definition) is 7. The van der Waals surface area contributed by atoms with Gasteiger partial charge in [-0.25, -0.2) is 4.79 Å². The third-order valence-electron chi connectivity index (χ3n) is 5.32. The minimum absolute atomic E-state index is 0.00311. The summed E-state index contributed by atoms with van der Waals surface area (Å²) in [4.78, 5) is 35.5. The second-order valence-corrected chi connectivity index (χ2v) is 7.27.